The summed E-state index contributed by atoms with van der Waals surface area (Å²) >= 11 is 0. The fraction of sp³-hybridized carbons (Fsp3) is 0.385. The highest BCUT2D eigenvalue weighted by Crippen LogP contribution is 2.36. The highest BCUT2D eigenvalue weighted by molar-refractivity contribution is 6.20. The summed E-state index contributed by atoms with van der Waals surface area (Å²) in [5, 5.41) is 0.558. The van der Waals surface area contributed by atoms with Crippen molar-refractivity contribution in [1.29, 1.82) is 0 Å². The fourth-order valence-corrected chi connectivity index (χ4v) is 6.30. The maximum absolute atomic E-state index is 13.9. The molecule has 0 aliphatic carbocycles. The van der Waals surface area contributed by atoms with Crippen molar-refractivity contribution >= 4 is 58.4 Å². The Morgan fingerprint density at radius 1 is 0.904 bits per heavy atom. The van der Waals surface area contributed by atoms with Gasteiger partial charge < -0.3 is 34.6 Å². The average Bonchev–Trinajstić information content (AvgIpc) is 3.57. The molecule has 1 aromatic heterocycles. The summed E-state index contributed by atoms with van der Waals surface area (Å²) in [6.07, 6.45) is 3.96. The first-order valence-electron chi connectivity index (χ1n) is 17.3. The zero-order valence-electron chi connectivity index (χ0n) is 30.5. The van der Waals surface area contributed by atoms with E-state index in [4.69, 9.17) is 19.9 Å². The number of ketones is 1. The summed E-state index contributed by atoms with van der Waals surface area (Å²) in [4.78, 5) is 58.5. The van der Waals surface area contributed by atoms with E-state index in [1.807, 2.05) is 30.0 Å². The molecule has 0 spiro atoms. The van der Waals surface area contributed by atoms with Crippen LogP contribution in [0, 0.1) is 6.92 Å². The summed E-state index contributed by atoms with van der Waals surface area (Å²) < 4.78 is 18.3. The Hall–Kier alpha value is -5.07. The number of aryl methyl sites for hydroxylation is 1. The molecule has 278 valence electrons. The first-order valence-corrected chi connectivity index (χ1v) is 17.3. The fourth-order valence-electron chi connectivity index (χ4n) is 6.30. The molecule has 3 aromatic carbocycles. The Kier molecular flexibility index (Phi) is 13.7. The molecule has 5 rings (SSSR count). The van der Waals surface area contributed by atoms with Gasteiger partial charge in [-0.15, -0.1) is 12.4 Å². The maximum atomic E-state index is 13.9. The van der Waals surface area contributed by atoms with E-state index in [0.29, 0.717) is 40.9 Å². The number of anilines is 2. The van der Waals surface area contributed by atoms with Gasteiger partial charge in [-0.1, -0.05) is 18.2 Å². The average molecular weight is 734 g/mol. The van der Waals surface area contributed by atoms with E-state index >= 15 is 0 Å². The standard InChI is InChI=1S/C39H47N5O7.ClH/c1-6-50-39(48)44-19-18-27-28(11-10-12-31(27)44)36(46)30-16-15-29(35(40)37(30)49-5)38(47)42(4)32-17-14-26(2)25-33(32)51-24-9-7-8-13-34(45)43-22-20-41(3)21-23-43;/h10-12,14-19,25H,6-9,13,20-24,40H2,1-5H3;1H. The Morgan fingerprint density at radius 2 is 1.63 bits per heavy atom. The van der Waals surface area contributed by atoms with E-state index in [9.17, 15) is 19.2 Å². The van der Waals surface area contributed by atoms with Crippen molar-refractivity contribution in [3.05, 3.63) is 83.0 Å². The minimum absolute atomic E-state index is 0. The topological polar surface area (TPSA) is 137 Å². The van der Waals surface area contributed by atoms with Crippen LogP contribution in [0.2, 0.25) is 0 Å². The molecule has 2 heterocycles. The van der Waals surface area contributed by atoms with Crippen LogP contribution in [0.15, 0.2) is 60.8 Å². The number of hydrogen-bond donors (Lipinski definition) is 1. The van der Waals surface area contributed by atoms with E-state index in [1.54, 1.807) is 44.4 Å². The Bertz CT molecular complexity index is 1920. The molecule has 2 amide bonds. The smallest absolute Gasteiger partial charge is 0.418 e. The number of amides is 2. The summed E-state index contributed by atoms with van der Waals surface area (Å²) in [6, 6.07) is 15.4. The number of fused-ring (bicyclic) bond motifs is 1. The normalized spacial score (nSPS) is 13.0. The number of carbonyl (C=O) groups excluding carboxylic acids is 4. The molecule has 1 aliphatic heterocycles. The number of methoxy groups -OCH3 is 1. The third-order valence-electron chi connectivity index (χ3n) is 9.25. The summed E-state index contributed by atoms with van der Waals surface area (Å²) in [7, 11) is 5.11. The molecule has 0 unspecified atom stereocenters. The van der Waals surface area contributed by atoms with E-state index in [2.05, 4.69) is 11.9 Å². The molecule has 1 aliphatic rings. The lowest BCUT2D eigenvalue weighted by atomic mass is 9.96. The van der Waals surface area contributed by atoms with Crippen LogP contribution in [0.25, 0.3) is 10.9 Å². The van der Waals surface area contributed by atoms with Crippen molar-refractivity contribution < 1.29 is 33.4 Å². The van der Waals surface area contributed by atoms with Crippen molar-refractivity contribution in [2.45, 2.75) is 39.5 Å². The largest absolute Gasteiger partial charge is 0.494 e. The van der Waals surface area contributed by atoms with Gasteiger partial charge in [0.15, 0.2) is 11.5 Å². The van der Waals surface area contributed by atoms with Crippen molar-refractivity contribution in [1.82, 2.24) is 14.4 Å². The number of halogens is 1. The Labute approximate surface area is 310 Å². The lowest BCUT2D eigenvalue weighted by Crippen LogP contribution is -2.47. The highest BCUT2D eigenvalue weighted by atomic mass is 35.5. The molecule has 1 fully saturated rings. The molecule has 2 N–H and O–H groups in total. The lowest BCUT2D eigenvalue weighted by molar-refractivity contribution is -0.132. The van der Waals surface area contributed by atoms with Gasteiger partial charge in [0.05, 0.1) is 48.3 Å². The van der Waals surface area contributed by atoms with Crippen LogP contribution >= 0.6 is 12.4 Å². The van der Waals surface area contributed by atoms with Gasteiger partial charge in [0.2, 0.25) is 5.91 Å². The van der Waals surface area contributed by atoms with Crippen LogP contribution < -0.4 is 20.1 Å². The van der Waals surface area contributed by atoms with Gasteiger partial charge in [-0.3, -0.25) is 19.0 Å². The third-order valence-corrected chi connectivity index (χ3v) is 9.25. The van der Waals surface area contributed by atoms with Crippen LogP contribution in [-0.4, -0.2) is 98.7 Å². The number of carbonyl (C=O) groups is 4. The van der Waals surface area contributed by atoms with Crippen LogP contribution in [-0.2, 0) is 9.53 Å². The molecule has 1 saturated heterocycles. The first-order chi connectivity index (χ1) is 24.5. The number of nitrogens with two attached hydrogens (primary N) is 1. The molecular weight excluding hydrogens is 686 g/mol. The van der Waals surface area contributed by atoms with E-state index < -0.39 is 12.0 Å². The second kappa shape index (κ2) is 17.9. The predicted octanol–water partition coefficient (Wildman–Crippen LogP) is 6.19. The minimum atomic E-state index is -0.544. The number of likely N-dealkylation sites (N-methyl/N-ethyl adjacent to an activating group) is 1. The summed E-state index contributed by atoms with van der Waals surface area (Å²) in [5.41, 5.74) is 9.29. The summed E-state index contributed by atoms with van der Waals surface area (Å²) in [6.45, 7) is 7.72. The maximum Gasteiger partial charge on any atom is 0.418 e. The van der Waals surface area contributed by atoms with Gasteiger partial charge in [-0.05, 0) is 82.1 Å². The number of nitrogens with zero attached hydrogens (tertiary/aromatic N) is 4. The molecule has 12 nitrogen and oxygen atoms in total. The van der Waals surface area contributed by atoms with E-state index in [1.165, 1.54) is 28.7 Å². The lowest BCUT2D eigenvalue weighted by Gasteiger charge is -2.32. The number of nitrogen functional groups attached to an aromatic ring is 1. The predicted molar refractivity (Wildman–Crippen MR) is 204 cm³/mol. The van der Waals surface area contributed by atoms with E-state index in [-0.39, 0.29) is 53.3 Å². The first kappa shape index (κ1) is 39.7. The quantitative estimate of drug-likeness (QED) is 0.0970. The number of aromatic nitrogens is 1. The molecule has 52 heavy (non-hydrogen) atoms. The second-order valence-electron chi connectivity index (χ2n) is 12.7. The second-order valence-corrected chi connectivity index (χ2v) is 12.7. The minimum Gasteiger partial charge on any atom is -0.494 e. The molecule has 0 atom stereocenters. The number of rotatable bonds is 13. The Balaban J connectivity index is 0.00000605. The number of hydrogen-bond acceptors (Lipinski definition) is 9. The monoisotopic (exact) mass is 733 g/mol. The molecular formula is C39H48ClN5O7. The van der Waals surface area contributed by atoms with Gasteiger partial charge in [0.1, 0.15) is 5.75 Å². The van der Waals surface area contributed by atoms with Gasteiger partial charge in [-0.25, -0.2) is 4.79 Å². The zero-order valence-corrected chi connectivity index (χ0v) is 31.3. The van der Waals surface area contributed by atoms with Gasteiger partial charge in [0, 0.05) is 56.8 Å². The van der Waals surface area contributed by atoms with Crippen molar-refractivity contribution in [2.75, 3.05) is 71.2 Å². The van der Waals surface area contributed by atoms with Crippen molar-refractivity contribution in [3.63, 3.8) is 0 Å². The molecule has 0 saturated carbocycles. The van der Waals surface area contributed by atoms with Gasteiger partial charge >= 0.3 is 6.09 Å². The zero-order chi connectivity index (χ0) is 36.7. The Morgan fingerprint density at radius 3 is 2.35 bits per heavy atom. The summed E-state index contributed by atoms with van der Waals surface area (Å²) in [5.74, 6) is 0.0548. The third kappa shape index (κ3) is 8.68. The number of benzene rings is 3. The number of unbranched alkanes of at least 4 members (excludes halogenated alkanes) is 2. The SMILES string of the molecule is CCOC(=O)n1ccc2c(C(=O)c3ccc(C(=O)N(C)c4ccc(C)cc4OCCCCCC(=O)N4CCN(C)CC4)c(N)c3OC)cccc21.Cl. The van der Waals surface area contributed by atoms with Crippen LogP contribution in [0.1, 0.15) is 64.4 Å². The van der Waals surface area contributed by atoms with Crippen molar-refractivity contribution in [3.8, 4) is 11.5 Å². The molecule has 0 radical (unpaired) electrons. The van der Waals surface area contributed by atoms with E-state index in [0.717, 1.165) is 51.0 Å². The van der Waals surface area contributed by atoms with Gasteiger partial charge in [-0.2, -0.15) is 0 Å². The van der Waals surface area contributed by atoms with Crippen LogP contribution in [0.4, 0.5) is 16.2 Å². The van der Waals surface area contributed by atoms with Crippen LogP contribution in [0.5, 0.6) is 11.5 Å². The molecule has 4 aromatic rings. The molecule has 0 bridgehead atoms. The van der Waals surface area contributed by atoms with Crippen LogP contribution in [0.3, 0.4) is 0 Å². The highest BCUT2D eigenvalue weighted by Gasteiger charge is 2.26. The van der Waals surface area contributed by atoms with Crippen molar-refractivity contribution in [2.24, 2.45) is 0 Å². The molecule has 13 heteroatoms. The van der Waals surface area contributed by atoms with Gasteiger partial charge in [0.25, 0.3) is 5.91 Å². The number of ether oxygens (including phenoxy) is 3. The number of piperazine rings is 1.